The van der Waals surface area contributed by atoms with E-state index >= 15 is 0 Å². The van der Waals surface area contributed by atoms with Crippen LogP contribution in [0.2, 0.25) is 0 Å². The Morgan fingerprint density at radius 2 is 1.96 bits per heavy atom. The van der Waals surface area contributed by atoms with Gasteiger partial charge in [-0.05, 0) is 37.0 Å². The van der Waals surface area contributed by atoms with Crippen LogP contribution in [0.4, 0.5) is 0 Å². The zero-order chi connectivity index (χ0) is 17.2. The van der Waals surface area contributed by atoms with E-state index in [9.17, 15) is 4.79 Å². The number of amides is 1. The molecule has 1 atom stereocenters. The maximum Gasteiger partial charge on any atom is 0.223 e. The predicted molar refractivity (Wildman–Crippen MR) is 96.6 cm³/mol. The third-order valence-electron chi connectivity index (χ3n) is 4.15. The highest BCUT2D eigenvalue weighted by molar-refractivity contribution is 5.76. The molecule has 0 aliphatic carbocycles. The lowest BCUT2D eigenvalue weighted by Gasteiger charge is -2.30. The molecule has 0 fully saturated rings. The van der Waals surface area contributed by atoms with Crippen molar-refractivity contribution >= 4 is 5.91 Å². The number of ether oxygens (including phenoxy) is 1. The van der Waals surface area contributed by atoms with Crippen LogP contribution in [0.5, 0.6) is 5.75 Å². The molecule has 130 valence electrons. The molecule has 1 aromatic carbocycles. The third kappa shape index (κ3) is 7.06. The fourth-order valence-electron chi connectivity index (χ4n) is 2.77. The smallest absolute Gasteiger partial charge is 0.223 e. The Morgan fingerprint density at radius 3 is 2.57 bits per heavy atom. The van der Waals surface area contributed by atoms with Crippen molar-refractivity contribution in [2.45, 2.75) is 72.4 Å². The van der Waals surface area contributed by atoms with E-state index in [-0.39, 0.29) is 11.9 Å². The molecule has 0 bridgehead atoms. The number of methoxy groups -OCH3 is 1. The van der Waals surface area contributed by atoms with E-state index in [4.69, 9.17) is 4.74 Å². The summed E-state index contributed by atoms with van der Waals surface area (Å²) in [6.45, 7) is 9.25. The first kappa shape index (κ1) is 19.5. The summed E-state index contributed by atoms with van der Waals surface area (Å²) in [6.07, 6.45) is 5.31. The number of hydrogen-bond acceptors (Lipinski definition) is 2. The topological polar surface area (TPSA) is 29.5 Å². The molecule has 0 aliphatic heterocycles. The zero-order valence-electron chi connectivity index (χ0n) is 15.5. The van der Waals surface area contributed by atoms with E-state index in [0.29, 0.717) is 18.9 Å². The van der Waals surface area contributed by atoms with Crippen LogP contribution in [0.15, 0.2) is 24.3 Å². The molecule has 0 saturated carbocycles. The fourth-order valence-corrected chi connectivity index (χ4v) is 2.77. The van der Waals surface area contributed by atoms with Gasteiger partial charge >= 0.3 is 0 Å². The van der Waals surface area contributed by atoms with Crippen molar-refractivity contribution in [1.29, 1.82) is 0 Å². The number of hydrogen-bond donors (Lipinski definition) is 0. The van der Waals surface area contributed by atoms with E-state index in [0.717, 1.165) is 17.7 Å². The summed E-state index contributed by atoms with van der Waals surface area (Å²) in [5.74, 6) is 1.49. The Hall–Kier alpha value is -1.51. The Bertz CT molecular complexity index is 470. The Balaban J connectivity index is 2.82. The molecule has 0 aliphatic rings. The molecule has 1 unspecified atom stereocenters. The highest BCUT2D eigenvalue weighted by Gasteiger charge is 2.21. The van der Waals surface area contributed by atoms with Crippen molar-refractivity contribution in [3.8, 4) is 5.75 Å². The van der Waals surface area contributed by atoms with Crippen molar-refractivity contribution in [1.82, 2.24) is 4.90 Å². The van der Waals surface area contributed by atoms with Gasteiger partial charge in [0.1, 0.15) is 5.75 Å². The third-order valence-corrected chi connectivity index (χ3v) is 4.15. The molecule has 1 aromatic rings. The van der Waals surface area contributed by atoms with Crippen LogP contribution in [0.25, 0.3) is 0 Å². The Kier molecular flexibility index (Phi) is 8.75. The van der Waals surface area contributed by atoms with Gasteiger partial charge in [-0.25, -0.2) is 0 Å². The summed E-state index contributed by atoms with van der Waals surface area (Å²) in [5, 5.41) is 0. The number of unbranched alkanes of at least 4 members (excludes halogenated alkanes) is 2. The van der Waals surface area contributed by atoms with Gasteiger partial charge in [0, 0.05) is 19.0 Å². The minimum absolute atomic E-state index is 0.256. The summed E-state index contributed by atoms with van der Waals surface area (Å²) in [7, 11) is 1.67. The minimum Gasteiger partial charge on any atom is -0.497 e. The SMILES string of the molecule is CCCCCC(C)N(Cc1cccc(OC)c1)C(=O)CC(C)C. The number of rotatable bonds is 10. The summed E-state index contributed by atoms with van der Waals surface area (Å²) in [5.41, 5.74) is 1.13. The van der Waals surface area contributed by atoms with E-state index in [1.165, 1.54) is 19.3 Å². The second-order valence-corrected chi connectivity index (χ2v) is 6.82. The molecule has 1 rings (SSSR count). The molecule has 1 amide bonds. The second kappa shape index (κ2) is 10.3. The molecule has 23 heavy (non-hydrogen) atoms. The number of carbonyl (C=O) groups is 1. The van der Waals surface area contributed by atoms with E-state index < -0.39 is 0 Å². The van der Waals surface area contributed by atoms with E-state index in [1.807, 2.05) is 23.1 Å². The first-order valence-corrected chi connectivity index (χ1v) is 8.90. The van der Waals surface area contributed by atoms with Crippen LogP contribution in [-0.2, 0) is 11.3 Å². The summed E-state index contributed by atoms with van der Waals surface area (Å²) >= 11 is 0. The van der Waals surface area contributed by atoms with Crippen molar-refractivity contribution in [3.63, 3.8) is 0 Å². The monoisotopic (exact) mass is 319 g/mol. The van der Waals surface area contributed by atoms with Gasteiger partial charge < -0.3 is 9.64 Å². The van der Waals surface area contributed by atoms with Gasteiger partial charge in [-0.1, -0.05) is 52.2 Å². The van der Waals surface area contributed by atoms with E-state index in [2.05, 4.69) is 33.8 Å². The molecule has 3 nitrogen and oxygen atoms in total. The van der Waals surface area contributed by atoms with Crippen LogP contribution < -0.4 is 4.74 Å². The number of benzene rings is 1. The second-order valence-electron chi connectivity index (χ2n) is 6.82. The largest absolute Gasteiger partial charge is 0.497 e. The van der Waals surface area contributed by atoms with Gasteiger partial charge in [-0.3, -0.25) is 4.79 Å². The Labute approximate surface area is 142 Å². The first-order valence-electron chi connectivity index (χ1n) is 8.90. The van der Waals surface area contributed by atoms with Gasteiger partial charge in [0.05, 0.1) is 7.11 Å². The average molecular weight is 319 g/mol. The average Bonchev–Trinajstić information content (AvgIpc) is 2.52. The zero-order valence-corrected chi connectivity index (χ0v) is 15.5. The maximum absolute atomic E-state index is 12.7. The summed E-state index contributed by atoms with van der Waals surface area (Å²) < 4.78 is 5.30. The lowest BCUT2D eigenvalue weighted by molar-refractivity contribution is -0.134. The van der Waals surface area contributed by atoms with Crippen molar-refractivity contribution in [3.05, 3.63) is 29.8 Å². The molecular formula is C20H33NO2. The van der Waals surface area contributed by atoms with Crippen molar-refractivity contribution < 1.29 is 9.53 Å². The van der Waals surface area contributed by atoms with Gasteiger partial charge in [0.25, 0.3) is 0 Å². The minimum atomic E-state index is 0.256. The standard InChI is InChI=1S/C20H33NO2/c1-6-7-8-10-17(4)21(20(22)13-16(2)3)15-18-11-9-12-19(14-18)23-5/h9,11-12,14,16-17H,6-8,10,13,15H2,1-5H3. The molecule has 3 heteroatoms. The van der Waals surface area contributed by atoms with Gasteiger partial charge in [-0.15, -0.1) is 0 Å². The highest BCUT2D eigenvalue weighted by atomic mass is 16.5. The summed E-state index contributed by atoms with van der Waals surface area (Å²) in [6, 6.07) is 8.29. The molecule has 0 saturated heterocycles. The van der Waals surface area contributed by atoms with Crippen molar-refractivity contribution in [2.75, 3.05) is 7.11 Å². The predicted octanol–water partition coefficient (Wildman–Crippen LogP) is 5.04. The first-order chi connectivity index (χ1) is 11.0. The van der Waals surface area contributed by atoms with Crippen molar-refractivity contribution in [2.24, 2.45) is 5.92 Å². The molecule has 0 N–H and O–H groups in total. The fraction of sp³-hybridized carbons (Fsp3) is 0.650. The van der Waals surface area contributed by atoms with Crippen LogP contribution >= 0.6 is 0 Å². The van der Waals surface area contributed by atoms with Gasteiger partial charge in [0.2, 0.25) is 5.91 Å². The maximum atomic E-state index is 12.7. The number of nitrogens with zero attached hydrogens (tertiary/aromatic N) is 1. The lowest BCUT2D eigenvalue weighted by Crippen LogP contribution is -2.38. The van der Waals surface area contributed by atoms with Gasteiger partial charge in [0.15, 0.2) is 0 Å². The molecule has 0 heterocycles. The lowest BCUT2D eigenvalue weighted by atomic mass is 10.0. The number of carbonyl (C=O) groups excluding carboxylic acids is 1. The van der Waals surface area contributed by atoms with Crippen LogP contribution in [0, 0.1) is 5.92 Å². The summed E-state index contributed by atoms with van der Waals surface area (Å²) in [4.78, 5) is 14.7. The quantitative estimate of drug-likeness (QED) is 0.565. The normalized spacial score (nSPS) is 12.3. The molecule has 0 radical (unpaired) electrons. The van der Waals surface area contributed by atoms with Crippen LogP contribution in [0.3, 0.4) is 0 Å². The van der Waals surface area contributed by atoms with Gasteiger partial charge in [-0.2, -0.15) is 0 Å². The van der Waals surface area contributed by atoms with Crippen LogP contribution in [0.1, 0.15) is 65.4 Å². The molecule has 0 spiro atoms. The molecular weight excluding hydrogens is 286 g/mol. The molecule has 0 aromatic heterocycles. The Morgan fingerprint density at radius 1 is 1.22 bits per heavy atom. The van der Waals surface area contributed by atoms with E-state index in [1.54, 1.807) is 7.11 Å². The van der Waals surface area contributed by atoms with Crippen LogP contribution in [-0.4, -0.2) is 24.0 Å². The highest BCUT2D eigenvalue weighted by Crippen LogP contribution is 2.19.